The van der Waals surface area contributed by atoms with Gasteiger partial charge in [-0.1, -0.05) is 47.4 Å². The second-order valence-electron chi connectivity index (χ2n) is 6.34. The van der Waals surface area contributed by atoms with Crippen molar-refractivity contribution in [2.75, 3.05) is 23.0 Å². The number of nitrogens with one attached hydrogen (secondary N) is 2. The van der Waals surface area contributed by atoms with Gasteiger partial charge in [0.15, 0.2) is 4.34 Å². The molecule has 30 heavy (non-hydrogen) atoms. The molecule has 7 nitrogen and oxygen atoms in total. The summed E-state index contributed by atoms with van der Waals surface area (Å²) in [5, 5.41) is 14.0. The van der Waals surface area contributed by atoms with Crippen LogP contribution in [-0.2, 0) is 4.79 Å². The standard InChI is InChI=1S/C21H22N4O3S2/c1-4-28-17-11-6-5-9-15(17)19(27)23-20-24-25-21(30-20)29-12-18(26)22-16-10-7-8-13(2)14(16)3/h5-11H,4,12H2,1-3H3,(H,22,26)(H,23,24,27). The number of aryl methyl sites for hydroxylation is 1. The smallest absolute Gasteiger partial charge is 0.261 e. The lowest BCUT2D eigenvalue weighted by molar-refractivity contribution is -0.113. The number of anilines is 2. The predicted molar refractivity (Wildman–Crippen MR) is 121 cm³/mol. The number of thioether (sulfide) groups is 1. The molecule has 0 saturated carbocycles. The van der Waals surface area contributed by atoms with Crippen LogP contribution < -0.4 is 15.4 Å². The summed E-state index contributed by atoms with van der Waals surface area (Å²) in [4.78, 5) is 24.8. The van der Waals surface area contributed by atoms with Crippen molar-refractivity contribution in [2.24, 2.45) is 0 Å². The molecule has 156 valence electrons. The molecule has 0 saturated heterocycles. The molecule has 2 aromatic carbocycles. The van der Waals surface area contributed by atoms with Crippen LogP contribution in [-0.4, -0.2) is 34.4 Å². The van der Waals surface area contributed by atoms with Crippen LogP contribution in [0.2, 0.25) is 0 Å². The van der Waals surface area contributed by atoms with Crippen LogP contribution in [0.15, 0.2) is 46.8 Å². The number of para-hydroxylation sites is 1. The number of carbonyl (C=O) groups excluding carboxylic acids is 2. The number of hydrogen-bond donors (Lipinski definition) is 2. The maximum atomic E-state index is 12.5. The molecule has 0 bridgehead atoms. The zero-order valence-corrected chi connectivity index (χ0v) is 18.5. The first-order valence-corrected chi connectivity index (χ1v) is 11.1. The Morgan fingerprint density at radius 3 is 2.67 bits per heavy atom. The quantitative estimate of drug-likeness (QED) is 0.393. The summed E-state index contributed by atoms with van der Waals surface area (Å²) in [5.41, 5.74) is 3.40. The Kier molecular flexibility index (Phi) is 7.42. The number of benzene rings is 2. The van der Waals surface area contributed by atoms with Gasteiger partial charge in [0.2, 0.25) is 11.0 Å². The lowest BCUT2D eigenvalue weighted by Crippen LogP contribution is -2.15. The fraction of sp³-hybridized carbons (Fsp3) is 0.238. The van der Waals surface area contributed by atoms with E-state index in [4.69, 9.17) is 4.74 Å². The van der Waals surface area contributed by atoms with Gasteiger partial charge in [0.1, 0.15) is 5.75 Å². The highest BCUT2D eigenvalue weighted by Crippen LogP contribution is 2.27. The van der Waals surface area contributed by atoms with Crippen LogP contribution in [0.3, 0.4) is 0 Å². The van der Waals surface area contributed by atoms with E-state index < -0.39 is 0 Å². The molecule has 3 rings (SSSR count). The first-order chi connectivity index (χ1) is 14.5. The second kappa shape index (κ2) is 10.2. The number of hydrogen-bond acceptors (Lipinski definition) is 7. The van der Waals surface area contributed by atoms with E-state index in [1.165, 1.54) is 23.1 Å². The van der Waals surface area contributed by atoms with Crippen molar-refractivity contribution in [3.63, 3.8) is 0 Å². The van der Waals surface area contributed by atoms with Gasteiger partial charge < -0.3 is 10.1 Å². The molecular weight excluding hydrogens is 420 g/mol. The van der Waals surface area contributed by atoms with E-state index in [2.05, 4.69) is 20.8 Å². The lowest BCUT2D eigenvalue weighted by atomic mass is 10.1. The normalized spacial score (nSPS) is 10.5. The van der Waals surface area contributed by atoms with Gasteiger partial charge in [-0.3, -0.25) is 14.9 Å². The van der Waals surface area contributed by atoms with Crippen molar-refractivity contribution in [1.82, 2.24) is 10.2 Å². The molecule has 9 heteroatoms. The topological polar surface area (TPSA) is 93.2 Å². The van der Waals surface area contributed by atoms with E-state index in [0.29, 0.717) is 27.4 Å². The SMILES string of the molecule is CCOc1ccccc1C(=O)Nc1nnc(SCC(=O)Nc2cccc(C)c2C)s1. The Labute approximate surface area is 183 Å². The molecular formula is C21H22N4O3S2. The van der Waals surface area contributed by atoms with Gasteiger partial charge in [-0.2, -0.15) is 0 Å². The maximum absolute atomic E-state index is 12.5. The molecule has 0 fully saturated rings. The average Bonchev–Trinajstić information content (AvgIpc) is 3.18. The van der Waals surface area contributed by atoms with E-state index in [1.54, 1.807) is 18.2 Å². The first-order valence-electron chi connectivity index (χ1n) is 9.33. The first kappa shape index (κ1) is 21.8. The van der Waals surface area contributed by atoms with Gasteiger partial charge in [0.25, 0.3) is 5.91 Å². The summed E-state index contributed by atoms with van der Waals surface area (Å²) in [6, 6.07) is 12.8. The molecule has 2 amide bonds. The van der Waals surface area contributed by atoms with Crippen LogP contribution >= 0.6 is 23.1 Å². The Bertz CT molecular complexity index is 1050. The number of amides is 2. The highest BCUT2D eigenvalue weighted by molar-refractivity contribution is 8.01. The van der Waals surface area contributed by atoms with Gasteiger partial charge in [-0.25, -0.2) is 0 Å². The Morgan fingerprint density at radius 2 is 1.87 bits per heavy atom. The third-order valence-corrected chi connectivity index (χ3v) is 6.24. The van der Waals surface area contributed by atoms with Crippen molar-refractivity contribution >= 4 is 45.7 Å². The van der Waals surface area contributed by atoms with Crippen molar-refractivity contribution in [1.29, 1.82) is 0 Å². The minimum Gasteiger partial charge on any atom is -0.493 e. The number of ether oxygens (including phenoxy) is 1. The van der Waals surface area contributed by atoms with E-state index in [9.17, 15) is 9.59 Å². The number of rotatable bonds is 8. The van der Waals surface area contributed by atoms with Crippen molar-refractivity contribution in [3.05, 3.63) is 59.2 Å². The Hall–Kier alpha value is -2.91. The molecule has 0 aliphatic heterocycles. The number of carbonyl (C=O) groups is 2. The summed E-state index contributed by atoms with van der Waals surface area (Å²) in [5.74, 6) is 0.266. The minimum atomic E-state index is -0.320. The molecule has 0 unspecified atom stereocenters. The third kappa shape index (κ3) is 5.58. The Morgan fingerprint density at radius 1 is 1.07 bits per heavy atom. The summed E-state index contributed by atoms with van der Waals surface area (Å²) < 4.78 is 6.09. The van der Waals surface area contributed by atoms with E-state index >= 15 is 0 Å². The highest BCUT2D eigenvalue weighted by atomic mass is 32.2. The maximum Gasteiger partial charge on any atom is 0.261 e. The average molecular weight is 443 g/mol. The van der Waals surface area contributed by atoms with Gasteiger partial charge in [0, 0.05) is 5.69 Å². The molecule has 1 heterocycles. The van der Waals surface area contributed by atoms with Crippen LogP contribution in [0.25, 0.3) is 0 Å². The second-order valence-corrected chi connectivity index (χ2v) is 8.54. The summed E-state index contributed by atoms with van der Waals surface area (Å²) in [7, 11) is 0. The fourth-order valence-corrected chi connectivity index (χ4v) is 4.17. The fourth-order valence-electron chi connectivity index (χ4n) is 2.62. The number of nitrogens with zero attached hydrogens (tertiary/aromatic N) is 2. The van der Waals surface area contributed by atoms with E-state index in [0.717, 1.165) is 16.8 Å². The summed E-state index contributed by atoms with van der Waals surface area (Å²) in [6.45, 7) is 6.30. The van der Waals surface area contributed by atoms with Crippen molar-refractivity contribution in [3.8, 4) is 5.75 Å². The van der Waals surface area contributed by atoms with Crippen LogP contribution in [0.1, 0.15) is 28.4 Å². The minimum absolute atomic E-state index is 0.125. The Balaban J connectivity index is 1.56. The van der Waals surface area contributed by atoms with Crippen LogP contribution in [0, 0.1) is 13.8 Å². The van der Waals surface area contributed by atoms with E-state index in [1.807, 2.05) is 45.0 Å². The van der Waals surface area contributed by atoms with Gasteiger partial charge >= 0.3 is 0 Å². The predicted octanol–water partition coefficient (Wildman–Crippen LogP) is 4.54. The van der Waals surface area contributed by atoms with Crippen molar-refractivity contribution in [2.45, 2.75) is 25.1 Å². The lowest BCUT2D eigenvalue weighted by Gasteiger charge is -2.09. The molecule has 0 aliphatic rings. The molecule has 0 aliphatic carbocycles. The third-order valence-electron chi connectivity index (χ3n) is 4.26. The molecule has 2 N–H and O–H groups in total. The molecule has 3 aromatic rings. The zero-order valence-electron chi connectivity index (χ0n) is 16.9. The van der Waals surface area contributed by atoms with E-state index in [-0.39, 0.29) is 17.6 Å². The van der Waals surface area contributed by atoms with Crippen molar-refractivity contribution < 1.29 is 14.3 Å². The molecule has 1 aromatic heterocycles. The summed E-state index contributed by atoms with van der Waals surface area (Å²) >= 11 is 2.49. The largest absolute Gasteiger partial charge is 0.493 e. The zero-order chi connectivity index (χ0) is 21.5. The molecule has 0 spiro atoms. The van der Waals surface area contributed by atoms with Gasteiger partial charge in [-0.05, 0) is 50.1 Å². The van der Waals surface area contributed by atoms with Crippen LogP contribution in [0.5, 0.6) is 5.75 Å². The molecule has 0 atom stereocenters. The number of aromatic nitrogens is 2. The van der Waals surface area contributed by atoms with Gasteiger partial charge in [0.05, 0.1) is 17.9 Å². The van der Waals surface area contributed by atoms with Crippen LogP contribution in [0.4, 0.5) is 10.8 Å². The monoisotopic (exact) mass is 442 g/mol. The molecule has 0 radical (unpaired) electrons. The summed E-state index contributed by atoms with van der Waals surface area (Å²) in [6.07, 6.45) is 0. The highest BCUT2D eigenvalue weighted by Gasteiger charge is 2.15. The van der Waals surface area contributed by atoms with Gasteiger partial charge in [-0.15, -0.1) is 10.2 Å².